The Morgan fingerprint density at radius 2 is 1.69 bits per heavy atom. The van der Waals surface area contributed by atoms with E-state index in [0.717, 1.165) is 17.3 Å². The lowest BCUT2D eigenvalue weighted by Crippen LogP contribution is -2.25. The number of hydrazone groups is 1. The molecular formula is C25H20F3N5OS. The van der Waals surface area contributed by atoms with Gasteiger partial charge in [-0.1, -0.05) is 30.3 Å². The van der Waals surface area contributed by atoms with Crippen molar-refractivity contribution in [3.63, 3.8) is 0 Å². The van der Waals surface area contributed by atoms with Gasteiger partial charge in [0.05, 0.1) is 30.3 Å². The lowest BCUT2D eigenvalue weighted by Gasteiger charge is -2.14. The van der Waals surface area contributed by atoms with Crippen LogP contribution in [0.25, 0.3) is 16.9 Å². The second-order valence-corrected chi connectivity index (χ2v) is 7.72. The maximum Gasteiger partial charge on any atom is 0.418 e. The first kappa shape index (κ1) is 24.0. The maximum atomic E-state index is 13.2. The van der Waals surface area contributed by atoms with E-state index in [1.807, 2.05) is 54.6 Å². The van der Waals surface area contributed by atoms with Gasteiger partial charge in [0.15, 0.2) is 5.11 Å². The molecule has 0 saturated heterocycles. The van der Waals surface area contributed by atoms with Crippen molar-refractivity contribution >= 4 is 29.2 Å². The Morgan fingerprint density at radius 3 is 2.37 bits per heavy atom. The number of nitrogens with one attached hydrogen (secondary N) is 2. The van der Waals surface area contributed by atoms with Crippen molar-refractivity contribution < 1.29 is 17.9 Å². The van der Waals surface area contributed by atoms with Crippen LogP contribution >= 0.6 is 12.2 Å². The summed E-state index contributed by atoms with van der Waals surface area (Å²) in [5.74, 6) is 0.712. The molecule has 2 N–H and O–H groups in total. The maximum absolute atomic E-state index is 13.2. The zero-order valence-electron chi connectivity index (χ0n) is 18.5. The molecule has 3 aromatic carbocycles. The molecule has 0 aliphatic heterocycles. The highest BCUT2D eigenvalue weighted by atomic mass is 32.1. The number of rotatable bonds is 6. The van der Waals surface area contributed by atoms with E-state index >= 15 is 0 Å². The summed E-state index contributed by atoms with van der Waals surface area (Å²) in [7, 11) is 1.59. The van der Waals surface area contributed by atoms with E-state index in [-0.39, 0.29) is 10.8 Å². The Labute approximate surface area is 205 Å². The Balaban J connectivity index is 1.56. The monoisotopic (exact) mass is 495 g/mol. The van der Waals surface area contributed by atoms with Gasteiger partial charge in [0.25, 0.3) is 0 Å². The first-order valence-corrected chi connectivity index (χ1v) is 10.8. The van der Waals surface area contributed by atoms with Crippen LogP contribution in [-0.2, 0) is 6.18 Å². The fourth-order valence-electron chi connectivity index (χ4n) is 3.32. The summed E-state index contributed by atoms with van der Waals surface area (Å²) in [5.41, 5.74) is 4.61. The molecule has 1 aromatic heterocycles. The van der Waals surface area contributed by atoms with Gasteiger partial charge in [-0.25, -0.2) is 4.68 Å². The second kappa shape index (κ2) is 10.4. The number of aromatic nitrogens is 2. The van der Waals surface area contributed by atoms with E-state index in [9.17, 15) is 13.2 Å². The molecule has 1 heterocycles. The smallest absolute Gasteiger partial charge is 0.418 e. The predicted molar refractivity (Wildman–Crippen MR) is 134 cm³/mol. The Morgan fingerprint density at radius 1 is 1.00 bits per heavy atom. The van der Waals surface area contributed by atoms with Crippen LogP contribution in [0.3, 0.4) is 0 Å². The first-order valence-electron chi connectivity index (χ1n) is 10.4. The molecule has 0 aliphatic carbocycles. The molecule has 4 aromatic rings. The molecular weight excluding hydrogens is 475 g/mol. The summed E-state index contributed by atoms with van der Waals surface area (Å²) in [5, 5.41) is 11.3. The molecule has 178 valence electrons. The van der Waals surface area contributed by atoms with E-state index < -0.39 is 11.7 Å². The van der Waals surface area contributed by atoms with Gasteiger partial charge in [-0.3, -0.25) is 5.43 Å². The van der Waals surface area contributed by atoms with Crippen LogP contribution in [0, 0.1) is 0 Å². The number of benzene rings is 3. The third kappa shape index (κ3) is 5.85. The van der Waals surface area contributed by atoms with Crippen LogP contribution < -0.4 is 15.5 Å². The van der Waals surface area contributed by atoms with Crippen molar-refractivity contribution in [1.82, 2.24) is 15.2 Å². The highest BCUT2D eigenvalue weighted by molar-refractivity contribution is 7.80. The SMILES string of the molecule is COc1ccc(-c2nn(-c3ccccc3)cc2/C=N/NC(=S)Nc2ccccc2C(F)(F)F)cc1. The molecule has 0 amide bonds. The minimum atomic E-state index is -4.51. The van der Waals surface area contributed by atoms with Crippen molar-refractivity contribution in [2.24, 2.45) is 5.10 Å². The number of halogens is 3. The number of nitrogens with zero attached hydrogens (tertiary/aromatic N) is 3. The van der Waals surface area contributed by atoms with Gasteiger partial charge in [-0.05, 0) is 60.7 Å². The van der Waals surface area contributed by atoms with Crippen LogP contribution in [0.2, 0.25) is 0 Å². The number of hydrogen-bond donors (Lipinski definition) is 2. The largest absolute Gasteiger partial charge is 0.497 e. The fourth-order valence-corrected chi connectivity index (χ4v) is 3.48. The number of methoxy groups -OCH3 is 1. The summed E-state index contributed by atoms with van der Waals surface area (Å²) in [6.07, 6.45) is -1.20. The van der Waals surface area contributed by atoms with E-state index in [1.165, 1.54) is 24.4 Å². The molecule has 0 bridgehead atoms. The molecule has 35 heavy (non-hydrogen) atoms. The number of alkyl halides is 3. The molecule has 0 radical (unpaired) electrons. The standard InChI is InChI=1S/C25H20F3N5OS/c1-34-20-13-11-17(12-14-20)23-18(16-33(32-23)19-7-3-2-4-8-19)15-29-31-24(35)30-22-10-6-5-9-21(22)25(26,27)28/h2-16H,1H3,(H2,30,31,35)/b29-15+. The minimum Gasteiger partial charge on any atom is -0.497 e. The summed E-state index contributed by atoms with van der Waals surface area (Å²) in [6.45, 7) is 0. The van der Waals surface area contributed by atoms with E-state index in [0.29, 0.717) is 17.0 Å². The highest BCUT2D eigenvalue weighted by Gasteiger charge is 2.33. The summed E-state index contributed by atoms with van der Waals surface area (Å²) in [4.78, 5) is 0. The number of thiocarbonyl (C=S) groups is 1. The first-order chi connectivity index (χ1) is 16.8. The van der Waals surface area contributed by atoms with Crippen LogP contribution in [0.15, 0.2) is 90.2 Å². The lowest BCUT2D eigenvalue weighted by atomic mass is 10.1. The molecule has 0 unspecified atom stereocenters. The Kier molecular flexibility index (Phi) is 7.11. The topological polar surface area (TPSA) is 63.5 Å². The van der Waals surface area contributed by atoms with Gasteiger partial charge in [0.1, 0.15) is 11.4 Å². The summed E-state index contributed by atoms with van der Waals surface area (Å²) >= 11 is 5.13. The summed E-state index contributed by atoms with van der Waals surface area (Å²) < 4.78 is 46.6. The van der Waals surface area contributed by atoms with Gasteiger partial charge in [0.2, 0.25) is 0 Å². The molecule has 6 nitrogen and oxygen atoms in total. The van der Waals surface area contributed by atoms with Gasteiger partial charge < -0.3 is 10.1 Å². The van der Waals surface area contributed by atoms with Crippen LogP contribution in [0.1, 0.15) is 11.1 Å². The van der Waals surface area contributed by atoms with Crippen molar-refractivity contribution in [3.8, 4) is 22.7 Å². The van der Waals surface area contributed by atoms with E-state index in [1.54, 1.807) is 18.0 Å². The lowest BCUT2D eigenvalue weighted by molar-refractivity contribution is -0.136. The molecule has 0 saturated carbocycles. The third-order valence-corrected chi connectivity index (χ3v) is 5.17. The second-order valence-electron chi connectivity index (χ2n) is 7.31. The fraction of sp³-hybridized carbons (Fsp3) is 0.0800. The van der Waals surface area contributed by atoms with Crippen LogP contribution in [0.5, 0.6) is 5.75 Å². The van der Waals surface area contributed by atoms with Crippen LogP contribution in [-0.4, -0.2) is 28.2 Å². The third-order valence-electron chi connectivity index (χ3n) is 4.98. The Bertz CT molecular complexity index is 1340. The number of para-hydroxylation sites is 2. The summed E-state index contributed by atoms with van der Waals surface area (Å²) in [6, 6.07) is 22.0. The number of hydrogen-bond acceptors (Lipinski definition) is 4. The Hall–Kier alpha value is -4.18. The molecule has 0 spiro atoms. The van der Waals surface area contributed by atoms with Gasteiger partial charge in [0, 0.05) is 17.3 Å². The molecule has 10 heteroatoms. The van der Waals surface area contributed by atoms with Gasteiger partial charge >= 0.3 is 6.18 Å². The van der Waals surface area contributed by atoms with Crippen molar-refractivity contribution in [3.05, 3.63) is 96.2 Å². The molecule has 0 aliphatic rings. The van der Waals surface area contributed by atoms with Crippen molar-refractivity contribution in [2.75, 3.05) is 12.4 Å². The number of ether oxygens (including phenoxy) is 1. The molecule has 4 rings (SSSR count). The minimum absolute atomic E-state index is 0.0839. The number of anilines is 1. The highest BCUT2D eigenvalue weighted by Crippen LogP contribution is 2.34. The average molecular weight is 496 g/mol. The zero-order chi connectivity index (χ0) is 24.8. The average Bonchev–Trinajstić information content (AvgIpc) is 3.28. The van der Waals surface area contributed by atoms with Gasteiger partial charge in [-0.15, -0.1) is 0 Å². The predicted octanol–water partition coefficient (Wildman–Crippen LogP) is 5.89. The quantitative estimate of drug-likeness (QED) is 0.199. The zero-order valence-corrected chi connectivity index (χ0v) is 19.3. The van der Waals surface area contributed by atoms with E-state index in [4.69, 9.17) is 22.1 Å². The van der Waals surface area contributed by atoms with Crippen molar-refractivity contribution in [2.45, 2.75) is 6.18 Å². The van der Waals surface area contributed by atoms with E-state index in [2.05, 4.69) is 15.8 Å². The molecule has 0 fully saturated rings. The van der Waals surface area contributed by atoms with Crippen LogP contribution in [0.4, 0.5) is 18.9 Å². The normalized spacial score (nSPS) is 11.4. The van der Waals surface area contributed by atoms with Crippen molar-refractivity contribution in [1.29, 1.82) is 0 Å². The molecule has 0 atom stereocenters. The van der Waals surface area contributed by atoms with Gasteiger partial charge in [-0.2, -0.15) is 23.4 Å².